The number of hydrogen-bond acceptors (Lipinski definition) is 5. The topological polar surface area (TPSA) is 91.1 Å². The number of aliphatic carboxylic acids is 1. The molecule has 0 spiro atoms. The average Bonchev–Trinajstić information content (AvgIpc) is 2.86. The summed E-state index contributed by atoms with van der Waals surface area (Å²) in [5.41, 5.74) is 1.97. The molecule has 0 aromatic heterocycles. The summed E-state index contributed by atoms with van der Waals surface area (Å²) in [4.78, 5) is 22.8. The Balaban J connectivity index is 1.98. The molecule has 0 fully saturated rings. The maximum absolute atomic E-state index is 11.9. The summed E-state index contributed by atoms with van der Waals surface area (Å²) >= 11 is 2.16. The van der Waals surface area contributed by atoms with E-state index in [4.69, 9.17) is 5.11 Å². The number of carbonyl (C=O) groups excluding carboxylic acids is 1. The number of carboxylic acid groups (broad SMARTS) is 1. The lowest BCUT2D eigenvalue weighted by Crippen LogP contribution is -2.29. The highest BCUT2D eigenvalue weighted by Gasteiger charge is 2.28. The molecule has 8 heteroatoms. The van der Waals surface area contributed by atoms with Crippen LogP contribution in [0.1, 0.15) is 13.8 Å². The van der Waals surface area contributed by atoms with Crippen LogP contribution in [-0.4, -0.2) is 27.5 Å². The van der Waals surface area contributed by atoms with Crippen LogP contribution in [0.4, 0.5) is 17.1 Å². The number of amides is 1. The van der Waals surface area contributed by atoms with Crippen molar-refractivity contribution >= 4 is 52.1 Å². The van der Waals surface area contributed by atoms with Crippen LogP contribution in [0.3, 0.4) is 0 Å². The number of thioether (sulfide) groups is 1. The number of carboxylic acids is 1. The van der Waals surface area contributed by atoms with E-state index in [0.717, 1.165) is 28.8 Å². The van der Waals surface area contributed by atoms with Gasteiger partial charge in [0, 0.05) is 0 Å². The summed E-state index contributed by atoms with van der Waals surface area (Å²) in [5, 5.41) is 11.7. The summed E-state index contributed by atoms with van der Waals surface area (Å²) in [7, 11) is 0. The molecule has 1 aliphatic heterocycles. The average molecular weight is 311 g/mol. The van der Waals surface area contributed by atoms with E-state index in [2.05, 4.69) is 14.0 Å². The summed E-state index contributed by atoms with van der Waals surface area (Å²) < 4.78 is 7.22. The van der Waals surface area contributed by atoms with Gasteiger partial charge in [0.2, 0.25) is 5.91 Å². The first-order valence-corrected chi connectivity index (χ1v) is 7.50. The van der Waals surface area contributed by atoms with Gasteiger partial charge in [-0.15, -0.1) is 11.8 Å². The van der Waals surface area contributed by atoms with Crippen LogP contribution in [0.15, 0.2) is 26.9 Å². The molecule has 0 saturated carbocycles. The quantitative estimate of drug-likeness (QED) is 0.888. The molecule has 1 aromatic carbocycles. The zero-order chi connectivity index (χ0) is 14.8. The molecule has 0 atom stereocenters. The molecule has 1 amide bonds. The molecule has 1 aromatic rings. The Kier molecular flexibility index (Phi) is 4.24. The summed E-state index contributed by atoms with van der Waals surface area (Å²) in [6.45, 7) is 3.14. The van der Waals surface area contributed by atoms with Gasteiger partial charge in [-0.1, -0.05) is 6.07 Å². The van der Waals surface area contributed by atoms with Gasteiger partial charge >= 0.3 is 5.97 Å². The van der Waals surface area contributed by atoms with Crippen molar-refractivity contribution in [2.45, 2.75) is 18.6 Å². The first-order chi connectivity index (χ1) is 9.40. The normalized spacial score (nSPS) is 12.7. The Morgan fingerprint density at radius 1 is 1.40 bits per heavy atom. The fourth-order valence-electron chi connectivity index (χ4n) is 1.40. The third kappa shape index (κ3) is 3.26. The fraction of sp³-hybridized carbons (Fsp3) is 0.333. The molecular weight excluding hydrogens is 298 g/mol. The number of anilines is 1. The maximum Gasteiger partial charge on any atom is 0.319 e. The molecule has 0 saturated heterocycles. The van der Waals surface area contributed by atoms with E-state index in [0.29, 0.717) is 11.4 Å². The summed E-state index contributed by atoms with van der Waals surface area (Å²) in [5.74, 6) is -1.14. The summed E-state index contributed by atoms with van der Waals surface area (Å²) in [6, 6.07) is 5.35. The van der Waals surface area contributed by atoms with Gasteiger partial charge in [-0.3, -0.25) is 9.59 Å². The second-order valence-electron chi connectivity index (χ2n) is 4.59. The smallest absolute Gasteiger partial charge is 0.319 e. The van der Waals surface area contributed by atoms with E-state index in [1.54, 1.807) is 26.0 Å². The molecule has 2 rings (SSSR count). The van der Waals surface area contributed by atoms with Gasteiger partial charge in [0.25, 0.3) is 0 Å². The van der Waals surface area contributed by atoms with Crippen LogP contribution < -0.4 is 5.32 Å². The molecule has 0 unspecified atom stereocenters. The SMILES string of the molecule is CC(C)(SCC(=O)Nc1cccc2c1N=S=N2)C(=O)O. The number of hydrogen-bond donors (Lipinski definition) is 2. The van der Waals surface area contributed by atoms with E-state index < -0.39 is 10.7 Å². The Labute approximate surface area is 123 Å². The van der Waals surface area contributed by atoms with Crippen molar-refractivity contribution in [1.82, 2.24) is 0 Å². The van der Waals surface area contributed by atoms with Gasteiger partial charge in [0.15, 0.2) is 0 Å². The van der Waals surface area contributed by atoms with Gasteiger partial charge in [-0.2, -0.15) is 8.73 Å². The second-order valence-corrected chi connectivity index (χ2v) is 6.72. The molecule has 0 bridgehead atoms. The predicted molar refractivity (Wildman–Crippen MR) is 80.8 cm³/mol. The largest absolute Gasteiger partial charge is 0.480 e. The number of benzene rings is 1. The highest BCUT2D eigenvalue weighted by molar-refractivity contribution is 8.02. The Morgan fingerprint density at radius 2 is 2.15 bits per heavy atom. The van der Waals surface area contributed by atoms with Crippen molar-refractivity contribution in [3.05, 3.63) is 18.2 Å². The van der Waals surface area contributed by atoms with Crippen LogP contribution in [0.5, 0.6) is 0 Å². The minimum absolute atomic E-state index is 0.0628. The third-order valence-corrected chi connectivity index (χ3v) is 4.48. The molecular formula is C12H13N3O3S2. The number of fused-ring (bicyclic) bond motifs is 1. The maximum atomic E-state index is 11.9. The molecule has 0 aliphatic carbocycles. The van der Waals surface area contributed by atoms with Crippen LogP contribution in [-0.2, 0) is 20.9 Å². The van der Waals surface area contributed by atoms with Crippen LogP contribution in [0.25, 0.3) is 0 Å². The van der Waals surface area contributed by atoms with Crippen molar-refractivity contribution in [2.24, 2.45) is 8.73 Å². The van der Waals surface area contributed by atoms with E-state index in [-0.39, 0.29) is 11.7 Å². The minimum Gasteiger partial charge on any atom is -0.480 e. The number of nitrogens with zero attached hydrogens (tertiary/aromatic N) is 2. The lowest BCUT2D eigenvalue weighted by atomic mass is 10.2. The summed E-state index contributed by atoms with van der Waals surface area (Å²) in [6.07, 6.45) is 0. The molecule has 1 heterocycles. The Bertz CT molecular complexity index is 637. The number of nitrogens with one attached hydrogen (secondary N) is 1. The zero-order valence-electron chi connectivity index (χ0n) is 10.9. The van der Waals surface area contributed by atoms with E-state index >= 15 is 0 Å². The molecule has 20 heavy (non-hydrogen) atoms. The van der Waals surface area contributed by atoms with Gasteiger partial charge in [0.1, 0.15) is 16.1 Å². The fourth-order valence-corrected chi connectivity index (χ4v) is 2.64. The monoisotopic (exact) mass is 311 g/mol. The molecule has 1 aliphatic rings. The first-order valence-electron chi connectivity index (χ1n) is 5.78. The van der Waals surface area contributed by atoms with Gasteiger partial charge in [0.05, 0.1) is 22.8 Å². The minimum atomic E-state index is -0.995. The second kappa shape index (κ2) is 5.76. The van der Waals surface area contributed by atoms with Gasteiger partial charge < -0.3 is 10.4 Å². The van der Waals surface area contributed by atoms with Crippen molar-refractivity contribution < 1.29 is 14.7 Å². The molecule has 106 valence electrons. The Hall–Kier alpha value is -1.67. The highest BCUT2D eigenvalue weighted by Crippen LogP contribution is 2.38. The molecule has 2 N–H and O–H groups in total. The lowest BCUT2D eigenvalue weighted by Gasteiger charge is -2.18. The molecule has 6 nitrogen and oxygen atoms in total. The molecule has 0 radical (unpaired) electrons. The van der Waals surface area contributed by atoms with Crippen molar-refractivity contribution in [2.75, 3.05) is 11.1 Å². The lowest BCUT2D eigenvalue weighted by molar-refractivity contribution is -0.138. The first kappa shape index (κ1) is 14.7. The van der Waals surface area contributed by atoms with Crippen LogP contribution in [0.2, 0.25) is 0 Å². The van der Waals surface area contributed by atoms with E-state index in [1.165, 1.54) is 0 Å². The third-order valence-electron chi connectivity index (χ3n) is 2.64. The number of rotatable bonds is 5. The Morgan fingerprint density at radius 3 is 2.85 bits per heavy atom. The van der Waals surface area contributed by atoms with E-state index in [9.17, 15) is 9.59 Å². The van der Waals surface area contributed by atoms with Crippen molar-refractivity contribution in [3.63, 3.8) is 0 Å². The van der Waals surface area contributed by atoms with Gasteiger partial charge in [-0.05, 0) is 26.0 Å². The highest BCUT2D eigenvalue weighted by atomic mass is 32.2. The van der Waals surface area contributed by atoms with Crippen LogP contribution in [0, 0.1) is 0 Å². The van der Waals surface area contributed by atoms with Crippen LogP contribution >= 0.6 is 11.8 Å². The standard InChI is InChI=1S/C12H13N3O3S2/c1-12(2,11(17)18)19-6-9(16)13-7-4-3-5-8-10(7)15-20-14-8/h3-5H,6H2,1-2H3,(H,13,16)(H,17,18). The van der Waals surface area contributed by atoms with Crippen molar-refractivity contribution in [3.8, 4) is 0 Å². The predicted octanol–water partition coefficient (Wildman–Crippen LogP) is 2.95. The number of carbonyl (C=O) groups is 2. The zero-order valence-corrected chi connectivity index (χ0v) is 12.5. The van der Waals surface area contributed by atoms with E-state index in [1.807, 2.05) is 6.07 Å². The van der Waals surface area contributed by atoms with Gasteiger partial charge in [-0.25, -0.2) is 0 Å². The van der Waals surface area contributed by atoms with Crippen molar-refractivity contribution in [1.29, 1.82) is 0 Å².